The second-order valence-corrected chi connectivity index (χ2v) is 3.33. The number of ether oxygens (including phenoxy) is 1. The molecule has 1 fully saturated rings. The maximum atomic E-state index is 5.65. The molecule has 2 heterocycles. The van der Waals surface area contributed by atoms with Gasteiger partial charge in [0.25, 0.3) is 0 Å². The summed E-state index contributed by atoms with van der Waals surface area (Å²) in [6.45, 7) is 3.50. The zero-order valence-corrected chi connectivity index (χ0v) is 7.60. The molecule has 1 aliphatic rings. The van der Waals surface area contributed by atoms with Gasteiger partial charge in [-0.2, -0.15) is 0 Å². The van der Waals surface area contributed by atoms with Crippen LogP contribution in [0.25, 0.3) is 0 Å². The summed E-state index contributed by atoms with van der Waals surface area (Å²) in [6.07, 6.45) is 1.86. The van der Waals surface area contributed by atoms with Gasteiger partial charge in [0.2, 0.25) is 5.95 Å². The molecule has 6 heteroatoms. The first kappa shape index (κ1) is 8.43. The van der Waals surface area contributed by atoms with E-state index in [1.165, 1.54) is 0 Å². The van der Waals surface area contributed by atoms with E-state index in [1.807, 2.05) is 0 Å². The SMILES string of the molecule is CCC1(n2nnnc2N)CCOC1. The van der Waals surface area contributed by atoms with E-state index in [0.29, 0.717) is 12.6 Å². The minimum Gasteiger partial charge on any atom is -0.379 e. The quantitative estimate of drug-likeness (QED) is 0.685. The van der Waals surface area contributed by atoms with Gasteiger partial charge in [-0.3, -0.25) is 0 Å². The molecule has 0 saturated carbocycles. The monoisotopic (exact) mass is 183 g/mol. The molecule has 1 saturated heterocycles. The highest BCUT2D eigenvalue weighted by Crippen LogP contribution is 2.30. The molecule has 6 nitrogen and oxygen atoms in total. The maximum Gasteiger partial charge on any atom is 0.240 e. The standard InChI is InChI=1S/C7H13N5O/c1-2-7(3-4-13-5-7)12-6(8)9-10-11-12/h2-5H2,1H3,(H2,8,9,11). The number of hydrogen-bond acceptors (Lipinski definition) is 5. The topological polar surface area (TPSA) is 78.9 Å². The summed E-state index contributed by atoms with van der Waals surface area (Å²) >= 11 is 0. The Labute approximate surface area is 76.1 Å². The van der Waals surface area contributed by atoms with Crippen molar-refractivity contribution in [1.82, 2.24) is 20.2 Å². The molecule has 0 radical (unpaired) electrons. The Morgan fingerprint density at radius 1 is 1.69 bits per heavy atom. The van der Waals surface area contributed by atoms with Crippen LogP contribution in [-0.2, 0) is 10.3 Å². The van der Waals surface area contributed by atoms with Gasteiger partial charge in [0.05, 0.1) is 12.1 Å². The van der Waals surface area contributed by atoms with Crippen LogP contribution >= 0.6 is 0 Å². The molecule has 13 heavy (non-hydrogen) atoms. The smallest absolute Gasteiger partial charge is 0.240 e. The Kier molecular flexibility index (Phi) is 1.91. The Morgan fingerprint density at radius 3 is 3.00 bits per heavy atom. The molecule has 1 unspecified atom stereocenters. The highest BCUT2D eigenvalue weighted by Gasteiger charge is 2.37. The van der Waals surface area contributed by atoms with Gasteiger partial charge in [0.1, 0.15) is 0 Å². The van der Waals surface area contributed by atoms with E-state index in [0.717, 1.165) is 19.4 Å². The van der Waals surface area contributed by atoms with Gasteiger partial charge in [0.15, 0.2) is 0 Å². The Balaban J connectivity index is 2.36. The lowest BCUT2D eigenvalue weighted by Crippen LogP contribution is -2.35. The summed E-state index contributed by atoms with van der Waals surface area (Å²) in [5, 5.41) is 11.1. The largest absolute Gasteiger partial charge is 0.379 e. The Hall–Kier alpha value is -1.17. The third-order valence-corrected chi connectivity index (χ3v) is 2.68. The molecule has 0 aliphatic carbocycles. The van der Waals surface area contributed by atoms with Gasteiger partial charge >= 0.3 is 0 Å². The second kappa shape index (κ2) is 2.95. The fraction of sp³-hybridized carbons (Fsp3) is 0.857. The molecule has 0 bridgehead atoms. The predicted octanol–water partition coefficient (Wildman–Crippen LogP) is -0.219. The van der Waals surface area contributed by atoms with Crippen molar-refractivity contribution in [2.45, 2.75) is 25.3 Å². The van der Waals surface area contributed by atoms with Gasteiger partial charge in [-0.1, -0.05) is 12.0 Å². The number of rotatable bonds is 2. The summed E-state index contributed by atoms with van der Waals surface area (Å²) in [6, 6.07) is 0. The van der Waals surface area contributed by atoms with Crippen LogP contribution in [0.3, 0.4) is 0 Å². The minimum atomic E-state index is -0.117. The van der Waals surface area contributed by atoms with Crippen LogP contribution in [0.5, 0.6) is 0 Å². The first-order valence-corrected chi connectivity index (χ1v) is 4.40. The number of nitrogens with zero attached hydrogens (tertiary/aromatic N) is 4. The van der Waals surface area contributed by atoms with Crippen molar-refractivity contribution in [3.63, 3.8) is 0 Å². The van der Waals surface area contributed by atoms with Crippen LogP contribution < -0.4 is 5.73 Å². The lowest BCUT2D eigenvalue weighted by atomic mass is 9.96. The van der Waals surface area contributed by atoms with Crippen LogP contribution in [0, 0.1) is 0 Å². The molecule has 1 aliphatic heterocycles. The molecule has 2 rings (SSSR count). The van der Waals surface area contributed by atoms with E-state index < -0.39 is 0 Å². The lowest BCUT2D eigenvalue weighted by molar-refractivity contribution is 0.144. The van der Waals surface area contributed by atoms with E-state index in [1.54, 1.807) is 4.68 Å². The van der Waals surface area contributed by atoms with Crippen LogP contribution in [-0.4, -0.2) is 33.4 Å². The van der Waals surface area contributed by atoms with Gasteiger partial charge in [-0.15, -0.1) is 0 Å². The molecule has 0 spiro atoms. The van der Waals surface area contributed by atoms with E-state index in [2.05, 4.69) is 22.4 Å². The van der Waals surface area contributed by atoms with Crippen LogP contribution in [0.2, 0.25) is 0 Å². The summed E-state index contributed by atoms with van der Waals surface area (Å²) in [4.78, 5) is 0. The third-order valence-electron chi connectivity index (χ3n) is 2.68. The third kappa shape index (κ3) is 1.17. The molecule has 1 atom stereocenters. The van der Waals surface area contributed by atoms with Crippen molar-refractivity contribution in [2.24, 2.45) is 0 Å². The molecule has 0 aromatic carbocycles. The molecule has 0 amide bonds. The fourth-order valence-corrected chi connectivity index (χ4v) is 1.72. The summed E-state index contributed by atoms with van der Waals surface area (Å²) in [7, 11) is 0. The summed E-state index contributed by atoms with van der Waals surface area (Å²) in [5.74, 6) is 0.368. The van der Waals surface area contributed by atoms with Crippen molar-refractivity contribution >= 4 is 5.95 Å². The fourth-order valence-electron chi connectivity index (χ4n) is 1.72. The van der Waals surface area contributed by atoms with Crippen molar-refractivity contribution in [3.8, 4) is 0 Å². The molecular weight excluding hydrogens is 170 g/mol. The number of nitrogen functional groups attached to an aromatic ring is 1. The maximum absolute atomic E-state index is 5.65. The van der Waals surface area contributed by atoms with Crippen molar-refractivity contribution in [2.75, 3.05) is 18.9 Å². The zero-order valence-electron chi connectivity index (χ0n) is 7.60. The molecule has 72 valence electrons. The van der Waals surface area contributed by atoms with Crippen LogP contribution in [0.4, 0.5) is 5.95 Å². The van der Waals surface area contributed by atoms with E-state index in [4.69, 9.17) is 10.5 Å². The van der Waals surface area contributed by atoms with Crippen molar-refractivity contribution in [3.05, 3.63) is 0 Å². The normalized spacial score (nSPS) is 28.1. The summed E-state index contributed by atoms with van der Waals surface area (Å²) < 4.78 is 7.04. The zero-order chi connectivity index (χ0) is 9.31. The van der Waals surface area contributed by atoms with Crippen molar-refractivity contribution < 1.29 is 4.74 Å². The van der Waals surface area contributed by atoms with E-state index in [9.17, 15) is 0 Å². The van der Waals surface area contributed by atoms with Gasteiger partial charge in [-0.25, -0.2) is 4.68 Å². The number of aromatic nitrogens is 4. The lowest BCUT2D eigenvalue weighted by Gasteiger charge is -2.25. The Morgan fingerprint density at radius 2 is 2.54 bits per heavy atom. The average molecular weight is 183 g/mol. The van der Waals surface area contributed by atoms with E-state index in [-0.39, 0.29) is 5.54 Å². The second-order valence-electron chi connectivity index (χ2n) is 3.33. The first-order valence-electron chi connectivity index (χ1n) is 4.40. The average Bonchev–Trinajstić information content (AvgIpc) is 2.73. The number of anilines is 1. The van der Waals surface area contributed by atoms with Gasteiger partial charge in [0, 0.05) is 6.61 Å². The molecule has 1 aromatic rings. The summed E-state index contributed by atoms with van der Waals surface area (Å²) in [5.41, 5.74) is 5.53. The minimum absolute atomic E-state index is 0.117. The van der Waals surface area contributed by atoms with E-state index >= 15 is 0 Å². The highest BCUT2D eigenvalue weighted by molar-refractivity contribution is 5.14. The van der Waals surface area contributed by atoms with Gasteiger partial charge in [-0.05, 0) is 23.3 Å². The first-order chi connectivity index (χ1) is 6.28. The Bertz CT molecular complexity index is 291. The predicted molar refractivity (Wildman–Crippen MR) is 45.9 cm³/mol. The molecule has 1 aromatic heterocycles. The molecule has 2 N–H and O–H groups in total. The van der Waals surface area contributed by atoms with Crippen molar-refractivity contribution in [1.29, 1.82) is 0 Å². The van der Waals surface area contributed by atoms with Crippen LogP contribution in [0.1, 0.15) is 19.8 Å². The number of nitrogens with two attached hydrogens (primary N) is 1. The van der Waals surface area contributed by atoms with Crippen LogP contribution in [0.15, 0.2) is 0 Å². The highest BCUT2D eigenvalue weighted by atomic mass is 16.5. The van der Waals surface area contributed by atoms with Gasteiger partial charge < -0.3 is 10.5 Å². The molecular formula is C7H13N5O. The number of tetrazole rings is 1. The number of hydrogen-bond donors (Lipinski definition) is 1.